The molecule has 5 heteroatoms. The first-order valence-electron chi connectivity index (χ1n) is 9.13. The second kappa shape index (κ2) is 10.0. The summed E-state index contributed by atoms with van der Waals surface area (Å²) in [5, 5.41) is 3.85. The van der Waals surface area contributed by atoms with E-state index in [9.17, 15) is 4.79 Å². The number of piperidine rings is 1. The molecule has 2 aromatic carbocycles. The molecule has 0 aliphatic carbocycles. The normalized spacial score (nSPS) is 15.7. The summed E-state index contributed by atoms with van der Waals surface area (Å²) in [6.45, 7) is 3.67. The lowest BCUT2D eigenvalue weighted by atomic mass is 9.95. The standard InChI is InChI=1S/C21H25ClN2OS/c22-19-6-8-20(9-7-19)26-15-12-23-21(25)18-10-13-24(14-11-18)16-17-4-2-1-3-5-17/h1-9,18H,10-16H2,(H,23,25). The zero-order valence-electron chi connectivity index (χ0n) is 14.9. The average Bonchev–Trinajstić information content (AvgIpc) is 2.68. The summed E-state index contributed by atoms with van der Waals surface area (Å²) in [7, 11) is 0. The van der Waals surface area contributed by atoms with Gasteiger partial charge in [0.15, 0.2) is 0 Å². The van der Waals surface area contributed by atoms with Crippen molar-refractivity contribution in [2.45, 2.75) is 24.3 Å². The molecule has 2 aromatic rings. The van der Waals surface area contributed by atoms with Crippen LogP contribution in [0.2, 0.25) is 5.02 Å². The smallest absolute Gasteiger partial charge is 0.223 e. The van der Waals surface area contributed by atoms with E-state index in [1.54, 1.807) is 11.8 Å². The Hall–Kier alpha value is -1.49. The minimum Gasteiger partial charge on any atom is -0.355 e. The highest BCUT2D eigenvalue weighted by Crippen LogP contribution is 2.21. The molecule has 138 valence electrons. The van der Waals surface area contributed by atoms with E-state index in [1.165, 1.54) is 10.5 Å². The van der Waals surface area contributed by atoms with E-state index in [4.69, 9.17) is 11.6 Å². The van der Waals surface area contributed by atoms with Crippen LogP contribution in [0.5, 0.6) is 0 Å². The zero-order chi connectivity index (χ0) is 18.2. The van der Waals surface area contributed by atoms with Crippen LogP contribution in [-0.4, -0.2) is 36.2 Å². The summed E-state index contributed by atoms with van der Waals surface area (Å²) in [5.74, 6) is 1.24. The number of thioether (sulfide) groups is 1. The second-order valence-corrected chi connectivity index (χ2v) is 8.23. The third-order valence-corrected chi connectivity index (χ3v) is 5.96. The van der Waals surface area contributed by atoms with Gasteiger partial charge < -0.3 is 5.32 Å². The van der Waals surface area contributed by atoms with Gasteiger partial charge in [-0.15, -0.1) is 11.8 Å². The first-order chi connectivity index (χ1) is 12.7. The minimum absolute atomic E-state index is 0.155. The summed E-state index contributed by atoms with van der Waals surface area (Å²) in [4.78, 5) is 16.0. The predicted molar refractivity (Wildman–Crippen MR) is 110 cm³/mol. The van der Waals surface area contributed by atoms with Crippen molar-refractivity contribution in [1.29, 1.82) is 0 Å². The van der Waals surface area contributed by atoms with E-state index in [0.717, 1.165) is 43.3 Å². The number of rotatable bonds is 7. The topological polar surface area (TPSA) is 32.3 Å². The monoisotopic (exact) mass is 388 g/mol. The van der Waals surface area contributed by atoms with Crippen molar-refractivity contribution in [2.75, 3.05) is 25.4 Å². The number of nitrogens with zero attached hydrogens (tertiary/aromatic N) is 1. The van der Waals surface area contributed by atoms with Gasteiger partial charge >= 0.3 is 0 Å². The Bertz CT molecular complexity index is 685. The fraction of sp³-hybridized carbons (Fsp3) is 0.381. The molecular weight excluding hydrogens is 364 g/mol. The van der Waals surface area contributed by atoms with Crippen LogP contribution < -0.4 is 5.32 Å². The molecular formula is C21H25ClN2OS. The largest absolute Gasteiger partial charge is 0.355 e. The molecule has 1 heterocycles. The predicted octanol–water partition coefficient (Wildman–Crippen LogP) is 4.46. The van der Waals surface area contributed by atoms with Crippen LogP contribution in [0, 0.1) is 5.92 Å². The molecule has 0 aromatic heterocycles. The number of nitrogens with one attached hydrogen (secondary N) is 1. The summed E-state index contributed by atoms with van der Waals surface area (Å²) < 4.78 is 0. The lowest BCUT2D eigenvalue weighted by Crippen LogP contribution is -2.40. The average molecular weight is 389 g/mol. The van der Waals surface area contributed by atoms with Gasteiger partial charge in [-0.2, -0.15) is 0 Å². The first kappa shape index (κ1) is 19.3. The molecule has 1 fully saturated rings. The fourth-order valence-corrected chi connectivity index (χ4v) is 4.11. The van der Waals surface area contributed by atoms with Crippen molar-refractivity contribution in [3.8, 4) is 0 Å². The van der Waals surface area contributed by atoms with E-state index in [-0.39, 0.29) is 11.8 Å². The molecule has 1 N–H and O–H groups in total. The first-order valence-corrected chi connectivity index (χ1v) is 10.5. The van der Waals surface area contributed by atoms with Crippen LogP contribution in [0.3, 0.4) is 0 Å². The van der Waals surface area contributed by atoms with E-state index in [0.29, 0.717) is 6.54 Å². The van der Waals surface area contributed by atoms with Gasteiger partial charge in [-0.3, -0.25) is 9.69 Å². The number of carbonyl (C=O) groups is 1. The highest BCUT2D eigenvalue weighted by Gasteiger charge is 2.24. The fourth-order valence-electron chi connectivity index (χ4n) is 3.21. The maximum Gasteiger partial charge on any atom is 0.223 e. The number of likely N-dealkylation sites (tertiary alicyclic amines) is 1. The molecule has 1 aliphatic rings. The summed E-state index contributed by atoms with van der Waals surface area (Å²) >= 11 is 7.62. The molecule has 3 rings (SSSR count). The van der Waals surface area contributed by atoms with Crippen molar-refractivity contribution in [2.24, 2.45) is 5.92 Å². The van der Waals surface area contributed by atoms with Gasteiger partial charge in [0.25, 0.3) is 0 Å². The molecule has 1 saturated heterocycles. The van der Waals surface area contributed by atoms with Crippen molar-refractivity contribution in [1.82, 2.24) is 10.2 Å². The Morgan fingerprint density at radius 2 is 1.77 bits per heavy atom. The van der Waals surface area contributed by atoms with Crippen LogP contribution in [0.25, 0.3) is 0 Å². The van der Waals surface area contributed by atoms with Gasteiger partial charge in [0.2, 0.25) is 5.91 Å². The van der Waals surface area contributed by atoms with Gasteiger partial charge in [0, 0.05) is 34.7 Å². The molecule has 26 heavy (non-hydrogen) atoms. The molecule has 1 amide bonds. The Balaban J connectivity index is 1.32. The number of hydrogen-bond donors (Lipinski definition) is 1. The van der Waals surface area contributed by atoms with E-state index in [1.807, 2.05) is 30.3 Å². The Labute approximate surface area is 165 Å². The minimum atomic E-state index is 0.155. The highest BCUT2D eigenvalue weighted by atomic mass is 35.5. The summed E-state index contributed by atoms with van der Waals surface area (Å²) in [5.41, 5.74) is 1.34. The van der Waals surface area contributed by atoms with Crippen molar-refractivity contribution in [3.05, 3.63) is 65.2 Å². The van der Waals surface area contributed by atoms with Crippen LogP contribution in [0.15, 0.2) is 59.5 Å². The van der Waals surface area contributed by atoms with E-state index in [2.05, 4.69) is 34.5 Å². The quantitative estimate of drug-likeness (QED) is 0.561. The molecule has 0 bridgehead atoms. The zero-order valence-corrected chi connectivity index (χ0v) is 16.4. The number of amides is 1. The third kappa shape index (κ3) is 6.04. The van der Waals surface area contributed by atoms with E-state index >= 15 is 0 Å². The summed E-state index contributed by atoms with van der Waals surface area (Å²) in [6, 6.07) is 18.3. The van der Waals surface area contributed by atoms with Crippen molar-refractivity contribution < 1.29 is 4.79 Å². The van der Waals surface area contributed by atoms with Gasteiger partial charge in [-0.25, -0.2) is 0 Å². The SMILES string of the molecule is O=C(NCCSc1ccc(Cl)cc1)C1CCN(Cc2ccccc2)CC1. The second-order valence-electron chi connectivity index (χ2n) is 6.63. The number of benzene rings is 2. The van der Waals surface area contributed by atoms with Gasteiger partial charge in [0.05, 0.1) is 0 Å². The third-order valence-electron chi connectivity index (χ3n) is 4.69. The van der Waals surface area contributed by atoms with E-state index < -0.39 is 0 Å². The molecule has 3 nitrogen and oxygen atoms in total. The van der Waals surface area contributed by atoms with Crippen LogP contribution in [0.4, 0.5) is 0 Å². The van der Waals surface area contributed by atoms with Crippen LogP contribution >= 0.6 is 23.4 Å². The maximum atomic E-state index is 12.4. The number of hydrogen-bond acceptors (Lipinski definition) is 3. The summed E-state index contributed by atoms with van der Waals surface area (Å²) in [6.07, 6.45) is 1.89. The molecule has 0 spiro atoms. The van der Waals surface area contributed by atoms with Crippen LogP contribution in [-0.2, 0) is 11.3 Å². The molecule has 0 atom stereocenters. The highest BCUT2D eigenvalue weighted by molar-refractivity contribution is 7.99. The van der Waals surface area contributed by atoms with Gasteiger partial charge in [0.1, 0.15) is 0 Å². The Morgan fingerprint density at radius 3 is 2.46 bits per heavy atom. The molecule has 0 unspecified atom stereocenters. The Kier molecular flexibility index (Phi) is 7.42. The van der Waals surface area contributed by atoms with Crippen molar-refractivity contribution >= 4 is 29.3 Å². The maximum absolute atomic E-state index is 12.4. The van der Waals surface area contributed by atoms with Gasteiger partial charge in [-0.1, -0.05) is 41.9 Å². The van der Waals surface area contributed by atoms with Crippen LogP contribution in [0.1, 0.15) is 18.4 Å². The molecule has 0 saturated carbocycles. The number of halogens is 1. The lowest BCUT2D eigenvalue weighted by Gasteiger charge is -2.31. The number of carbonyl (C=O) groups excluding carboxylic acids is 1. The Morgan fingerprint density at radius 1 is 1.08 bits per heavy atom. The molecule has 0 radical (unpaired) electrons. The lowest BCUT2D eigenvalue weighted by molar-refractivity contribution is -0.126. The van der Waals surface area contributed by atoms with Crippen molar-refractivity contribution in [3.63, 3.8) is 0 Å². The van der Waals surface area contributed by atoms with Gasteiger partial charge in [-0.05, 0) is 55.8 Å². The molecule has 1 aliphatic heterocycles.